The Kier molecular flexibility index (Phi) is 5.58. The molecule has 1 aromatic rings. The quantitative estimate of drug-likeness (QED) is 0.880. The van der Waals surface area contributed by atoms with Gasteiger partial charge in [0.25, 0.3) is 0 Å². The van der Waals surface area contributed by atoms with E-state index in [4.69, 9.17) is 0 Å². The van der Waals surface area contributed by atoms with Crippen molar-refractivity contribution in [1.82, 2.24) is 20.0 Å². The Morgan fingerprint density at radius 3 is 2.25 bits per heavy atom. The predicted octanol–water partition coefficient (Wildman–Crippen LogP) is 0.988. The van der Waals surface area contributed by atoms with E-state index in [1.165, 1.54) is 13.0 Å². The lowest BCUT2D eigenvalue weighted by Crippen LogP contribution is -2.50. The van der Waals surface area contributed by atoms with Gasteiger partial charge in [0, 0.05) is 46.1 Å². The Labute approximate surface area is 136 Å². The van der Waals surface area contributed by atoms with Crippen LogP contribution in [0.3, 0.4) is 0 Å². The zero-order valence-corrected chi connectivity index (χ0v) is 13.1. The molecule has 1 fully saturated rings. The summed E-state index contributed by atoms with van der Waals surface area (Å²) in [5.74, 6) is 0.0902. The van der Waals surface area contributed by atoms with Crippen molar-refractivity contribution in [2.24, 2.45) is 0 Å². The summed E-state index contributed by atoms with van der Waals surface area (Å²) in [4.78, 5) is 26.6. The SMILES string of the molecule is CC(=O)N1CCN(C(=O)CCNc2ccc(C(F)(F)F)nn2)CC1. The van der Waals surface area contributed by atoms with Gasteiger partial charge >= 0.3 is 6.18 Å². The molecule has 1 aromatic heterocycles. The molecule has 1 aliphatic heterocycles. The fourth-order valence-electron chi connectivity index (χ4n) is 2.30. The number of halogens is 3. The molecule has 0 aromatic carbocycles. The van der Waals surface area contributed by atoms with Crippen molar-refractivity contribution in [1.29, 1.82) is 0 Å². The third kappa shape index (κ3) is 4.80. The van der Waals surface area contributed by atoms with Crippen LogP contribution in [0.1, 0.15) is 19.0 Å². The number of amides is 2. The van der Waals surface area contributed by atoms with Crippen molar-refractivity contribution < 1.29 is 22.8 Å². The number of hydrogen-bond acceptors (Lipinski definition) is 5. The highest BCUT2D eigenvalue weighted by molar-refractivity contribution is 5.77. The first-order valence-electron chi connectivity index (χ1n) is 7.45. The fraction of sp³-hybridized carbons (Fsp3) is 0.571. The molecule has 0 aliphatic carbocycles. The van der Waals surface area contributed by atoms with Crippen LogP contribution in [-0.2, 0) is 15.8 Å². The van der Waals surface area contributed by atoms with Gasteiger partial charge in [-0.25, -0.2) is 0 Å². The van der Waals surface area contributed by atoms with Gasteiger partial charge in [-0.15, -0.1) is 10.2 Å². The average molecular weight is 345 g/mol. The Bertz CT molecular complexity index is 583. The van der Waals surface area contributed by atoms with Crippen LogP contribution in [0.4, 0.5) is 19.0 Å². The van der Waals surface area contributed by atoms with E-state index >= 15 is 0 Å². The highest BCUT2D eigenvalue weighted by Gasteiger charge is 2.32. The summed E-state index contributed by atoms with van der Waals surface area (Å²) in [6.45, 7) is 3.73. The maximum Gasteiger partial charge on any atom is 0.435 e. The summed E-state index contributed by atoms with van der Waals surface area (Å²) >= 11 is 0. The second-order valence-electron chi connectivity index (χ2n) is 5.37. The highest BCUT2D eigenvalue weighted by atomic mass is 19.4. The zero-order chi connectivity index (χ0) is 17.7. The Morgan fingerprint density at radius 1 is 1.12 bits per heavy atom. The third-order valence-electron chi connectivity index (χ3n) is 3.68. The molecular formula is C14H18F3N5O2. The Hall–Kier alpha value is -2.39. The largest absolute Gasteiger partial charge is 0.435 e. The van der Waals surface area contributed by atoms with E-state index in [9.17, 15) is 22.8 Å². The van der Waals surface area contributed by atoms with E-state index in [2.05, 4.69) is 15.5 Å². The van der Waals surface area contributed by atoms with Gasteiger partial charge < -0.3 is 15.1 Å². The molecule has 10 heteroatoms. The second-order valence-corrected chi connectivity index (χ2v) is 5.37. The predicted molar refractivity (Wildman–Crippen MR) is 79.0 cm³/mol. The molecule has 0 unspecified atom stereocenters. The Balaban J connectivity index is 1.74. The summed E-state index contributed by atoms with van der Waals surface area (Å²) in [6, 6.07) is 2.00. The monoisotopic (exact) mass is 345 g/mol. The van der Waals surface area contributed by atoms with Crippen LogP contribution in [0.5, 0.6) is 0 Å². The normalized spacial score (nSPS) is 15.3. The number of alkyl halides is 3. The molecule has 2 heterocycles. The van der Waals surface area contributed by atoms with Crippen molar-refractivity contribution in [3.05, 3.63) is 17.8 Å². The van der Waals surface area contributed by atoms with Crippen LogP contribution in [0.25, 0.3) is 0 Å². The average Bonchev–Trinajstić information content (AvgIpc) is 2.54. The molecule has 1 aliphatic rings. The third-order valence-corrected chi connectivity index (χ3v) is 3.68. The highest BCUT2D eigenvalue weighted by Crippen LogP contribution is 2.27. The molecule has 24 heavy (non-hydrogen) atoms. The van der Waals surface area contributed by atoms with Crippen molar-refractivity contribution >= 4 is 17.6 Å². The van der Waals surface area contributed by atoms with Crippen LogP contribution >= 0.6 is 0 Å². The minimum Gasteiger partial charge on any atom is -0.368 e. The van der Waals surface area contributed by atoms with Crippen LogP contribution in [-0.4, -0.2) is 64.5 Å². The summed E-state index contributed by atoms with van der Waals surface area (Å²) < 4.78 is 37.1. The minimum atomic E-state index is -4.52. The van der Waals surface area contributed by atoms with Gasteiger partial charge in [-0.05, 0) is 12.1 Å². The summed E-state index contributed by atoms with van der Waals surface area (Å²) in [5, 5.41) is 9.29. The number of aromatic nitrogens is 2. The molecule has 7 nitrogen and oxygen atoms in total. The zero-order valence-electron chi connectivity index (χ0n) is 13.1. The van der Waals surface area contributed by atoms with E-state index in [-0.39, 0.29) is 30.6 Å². The van der Waals surface area contributed by atoms with Gasteiger partial charge in [-0.2, -0.15) is 13.2 Å². The van der Waals surface area contributed by atoms with Crippen molar-refractivity contribution in [3.63, 3.8) is 0 Å². The lowest BCUT2D eigenvalue weighted by molar-refractivity contribution is -0.141. The summed E-state index contributed by atoms with van der Waals surface area (Å²) in [7, 11) is 0. The van der Waals surface area contributed by atoms with E-state index in [1.54, 1.807) is 9.80 Å². The van der Waals surface area contributed by atoms with Crippen molar-refractivity contribution in [3.8, 4) is 0 Å². The first-order valence-corrected chi connectivity index (χ1v) is 7.45. The smallest absolute Gasteiger partial charge is 0.368 e. The molecule has 2 rings (SSSR count). The number of nitrogens with one attached hydrogen (secondary N) is 1. The van der Waals surface area contributed by atoms with Gasteiger partial charge in [0.15, 0.2) is 5.69 Å². The van der Waals surface area contributed by atoms with Gasteiger partial charge in [0.1, 0.15) is 5.82 Å². The van der Waals surface area contributed by atoms with Gasteiger partial charge in [0.05, 0.1) is 0 Å². The minimum absolute atomic E-state index is 0.00959. The molecular weight excluding hydrogens is 327 g/mol. The van der Waals surface area contributed by atoms with Gasteiger partial charge in [-0.3, -0.25) is 9.59 Å². The topological polar surface area (TPSA) is 78.4 Å². The van der Waals surface area contributed by atoms with Gasteiger partial charge in [0.2, 0.25) is 11.8 Å². The number of nitrogens with zero attached hydrogens (tertiary/aromatic N) is 4. The van der Waals surface area contributed by atoms with E-state index in [1.807, 2.05) is 0 Å². The Morgan fingerprint density at radius 2 is 1.75 bits per heavy atom. The fourth-order valence-corrected chi connectivity index (χ4v) is 2.30. The van der Waals surface area contributed by atoms with E-state index in [0.717, 1.165) is 6.07 Å². The summed E-state index contributed by atoms with van der Waals surface area (Å²) in [5.41, 5.74) is -1.06. The maximum atomic E-state index is 12.4. The first-order chi connectivity index (χ1) is 11.3. The van der Waals surface area contributed by atoms with Crippen LogP contribution in [0.15, 0.2) is 12.1 Å². The molecule has 1 saturated heterocycles. The van der Waals surface area contributed by atoms with Crippen molar-refractivity contribution in [2.75, 3.05) is 38.0 Å². The van der Waals surface area contributed by atoms with Gasteiger partial charge in [-0.1, -0.05) is 0 Å². The van der Waals surface area contributed by atoms with E-state index in [0.29, 0.717) is 26.2 Å². The molecule has 0 radical (unpaired) electrons. The molecule has 0 bridgehead atoms. The number of carbonyl (C=O) groups excluding carboxylic acids is 2. The summed E-state index contributed by atoms with van der Waals surface area (Å²) in [6.07, 6.45) is -4.34. The van der Waals surface area contributed by atoms with E-state index < -0.39 is 11.9 Å². The molecule has 0 atom stereocenters. The standard InChI is InChI=1S/C14H18F3N5O2/c1-10(23)21-6-8-22(9-7-21)13(24)4-5-18-12-3-2-11(19-20-12)14(15,16)17/h2-3H,4-9H2,1H3,(H,18,20). The van der Waals surface area contributed by atoms with Crippen LogP contribution in [0.2, 0.25) is 0 Å². The number of hydrogen-bond donors (Lipinski definition) is 1. The number of carbonyl (C=O) groups is 2. The molecule has 0 saturated carbocycles. The lowest BCUT2D eigenvalue weighted by Gasteiger charge is -2.34. The van der Waals surface area contributed by atoms with Crippen LogP contribution < -0.4 is 5.32 Å². The first kappa shape index (κ1) is 18.0. The maximum absolute atomic E-state index is 12.4. The number of anilines is 1. The molecule has 0 spiro atoms. The second kappa shape index (κ2) is 7.45. The number of piperazine rings is 1. The molecule has 1 N–H and O–H groups in total. The number of rotatable bonds is 4. The molecule has 132 valence electrons. The molecule has 2 amide bonds. The van der Waals surface area contributed by atoms with Crippen LogP contribution in [0, 0.1) is 0 Å². The lowest BCUT2D eigenvalue weighted by atomic mass is 10.2. The van der Waals surface area contributed by atoms with Crippen molar-refractivity contribution in [2.45, 2.75) is 19.5 Å².